The summed E-state index contributed by atoms with van der Waals surface area (Å²) >= 11 is 1.33. The van der Waals surface area contributed by atoms with E-state index in [4.69, 9.17) is 19.2 Å². The maximum absolute atomic E-state index is 13.7. The second-order valence-corrected chi connectivity index (χ2v) is 10.9. The highest BCUT2D eigenvalue weighted by Gasteiger charge is 2.48. The minimum atomic E-state index is -0.935. The smallest absolute Gasteiger partial charge is 0.301 e. The summed E-state index contributed by atoms with van der Waals surface area (Å²) in [5.41, 5.74) is 3.73. The highest BCUT2D eigenvalue weighted by molar-refractivity contribution is 7.22. The SMILES string of the molecule is CCOc1ccc([C@@H]2C(=C(O)c3ccc4c(c3)C[C@@H](C)O4)C(=O)C(=O)N2c2nc3ccc(C)cc3s2)cc1OC. The number of nitrogens with zero attached hydrogens (tertiary/aromatic N) is 2. The highest BCUT2D eigenvalue weighted by Crippen LogP contribution is 2.46. The molecule has 2 aliphatic heterocycles. The number of benzene rings is 3. The van der Waals surface area contributed by atoms with Crippen LogP contribution in [-0.4, -0.2) is 41.6 Å². The number of rotatable bonds is 6. The van der Waals surface area contributed by atoms with Crippen LogP contribution in [0.15, 0.2) is 60.2 Å². The summed E-state index contributed by atoms with van der Waals surface area (Å²) in [6.45, 7) is 6.28. The zero-order chi connectivity index (χ0) is 28.1. The van der Waals surface area contributed by atoms with Gasteiger partial charge in [0.2, 0.25) is 0 Å². The topological polar surface area (TPSA) is 98.2 Å². The summed E-state index contributed by atoms with van der Waals surface area (Å²) in [5, 5.41) is 12.0. The summed E-state index contributed by atoms with van der Waals surface area (Å²) < 4.78 is 18.0. The van der Waals surface area contributed by atoms with E-state index >= 15 is 0 Å². The molecule has 1 amide bonds. The summed E-state index contributed by atoms with van der Waals surface area (Å²) in [5.74, 6) is -0.0493. The number of ether oxygens (including phenoxy) is 3. The van der Waals surface area contributed by atoms with Crippen molar-refractivity contribution < 1.29 is 28.9 Å². The molecule has 0 saturated carbocycles. The lowest BCUT2D eigenvalue weighted by molar-refractivity contribution is -0.132. The van der Waals surface area contributed by atoms with Crippen molar-refractivity contribution in [2.45, 2.75) is 39.3 Å². The van der Waals surface area contributed by atoms with Crippen molar-refractivity contribution in [3.63, 3.8) is 0 Å². The van der Waals surface area contributed by atoms with Gasteiger partial charge in [-0.3, -0.25) is 14.5 Å². The summed E-state index contributed by atoms with van der Waals surface area (Å²) in [4.78, 5) is 33.4. The number of aromatic nitrogens is 1. The number of Topliss-reactive ketones (excluding diaryl/α,β-unsaturated/α-hetero) is 1. The second-order valence-electron chi connectivity index (χ2n) is 9.94. The molecule has 204 valence electrons. The molecule has 0 bridgehead atoms. The van der Waals surface area contributed by atoms with Gasteiger partial charge in [-0.25, -0.2) is 4.98 Å². The van der Waals surface area contributed by atoms with Crippen molar-refractivity contribution in [3.8, 4) is 17.2 Å². The number of hydrogen-bond donors (Lipinski definition) is 1. The normalized spacial score (nSPS) is 19.6. The van der Waals surface area contributed by atoms with Crippen molar-refractivity contribution in [1.29, 1.82) is 0 Å². The first-order chi connectivity index (χ1) is 19.3. The van der Waals surface area contributed by atoms with Crippen molar-refractivity contribution in [2.24, 2.45) is 0 Å². The molecule has 0 radical (unpaired) electrons. The second kappa shape index (κ2) is 9.98. The van der Waals surface area contributed by atoms with Crippen molar-refractivity contribution in [2.75, 3.05) is 18.6 Å². The van der Waals surface area contributed by atoms with E-state index in [9.17, 15) is 14.7 Å². The Morgan fingerprint density at radius 3 is 2.73 bits per heavy atom. The van der Waals surface area contributed by atoms with E-state index in [-0.39, 0.29) is 17.4 Å². The molecule has 8 nitrogen and oxygen atoms in total. The molecule has 2 atom stereocenters. The first-order valence-electron chi connectivity index (χ1n) is 13.1. The molecular weight excluding hydrogens is 528 g/mol. The fraction of sp³-hybridized carbons (Fsp3) is 0.258. The van der Waals surface area contributed by atoms with Gasteiger partial charge in [-0.05, 0) is 79.9 Å². The molecule has 0 spiro atoms. The minimum Gasteiger partial charge on any atom is -0.507 e. The van der Waals surface area contributed by atoms with Crippen LogP contribution in [0.3, 0.4) is 0 Å². The molecule has 0 unspecified atom stereocenters. The van der Waals surface area contributed by atoms with E-state index < -0.39 is 17.7 Å². The number of fused-ring (bicyclic) bond motifs is 2. The zero-order valence-corrected chi connectivity index (χ0v) is 23.4. The lowest BCUT2D eigenvalue weighted by Gasteiger charge is -2.24. The Kier molecular flexibility index (Phi) is 6.46. The number of aliphatic hydroxyl groups excluding tert-OH is 1. The Morgan fingerprint density at radius 1 is 1.12 bits per heavy atom. The number of aryl methyl sites for hydroxylation is 1. The van der Waals surface area contributed by atoms with E-state index in [1.165, 1.54) is 23.3 Å². The lowest BCUT2D eigenvalue weighted by atomic mass is 9.94. The number of thiazole rings is 1. The van der Waals surface area contributed by atoms with Gasteiger partial charge in [-0.1, -0.05) is 23.5 Å². The molecule has 0 aliphatic carbocycles. The number of carbonyl (C=O) groups excluding carboxylic acids is 2. The third kappa shape index (κ3) is 4.26. The Morgan fingerprint density at radius 2 is 1.95 bits per heavy atom. The predicted octanol–water partition coefficient (Wildman–Crippen LogP) is 5.96. The van der Waals surface area contributed by atoms with E-state index in [0.717, 1.165) is 27.1 Å². The first kappa shape index (κ1) is 25.9. The number of aliphatic hydroxyl groups is 1. The number of hydrogen-bond acceptors (Lipinski definition) is 8. The van der Waals surface area contributed by atoms with E-state index in [1.54, 1.807) is 30.3 Å². The number of carbonyl (C=O) groups is 2. The van der Waals surface area contributed by atoms with Crippen LogP contribution < -0.4 is 19.1 Å². The Bertz CT molecular complexity index is 1710. The van der Waals surface area contributed by atoms with Crippen LogP contribution in [0.4, 0.5) is 5.13 Å². The third-order valence-electron chi connectivity index (χ3n) is 7.16. The fourth-order valence-corrected chi connectivity index (χ4v) is 6.41. The molecule has 9 heteroatoms. The molecule has 6 rings (SSSR count). The van der Waals surface area contributed by atoms with Crippen molar-refractivity contribution >= 4 is 44.1 Å². The van der Waals surface area contributed by atoms with Gasteiger partial charge in [0, 0.05) is 12.0 Å². The Hall–Kier alpha value is -4.37. The van der Waals surface area contributed by atoms with Crippen LogP contribution in [0.5, 0.6) is 17.2 Å². The Balaban J connectivity index is 1.55. The highest BCUT2D eigenvalue weighted by atomic mass is 32.1. The van der Waals surface area contributed by atoms with E-state index in [0.29, 0.717) is 40.8 Å². The molecule has 1 saturated heterocycles. The third-order valence-corrected chi connectivity index (χ3v) is 8.17. The number of methoxy groups -OCH3 is 1. The van der Waals surface area contributed by atoms with Gasteiger partial charge in [-0.15, -0.1) is 0 Å². The number of ketones is 1. The van der Waals surface area contributed by atoms with Gasteiger partial charge in [0.05, 0.1) is 35.5 Å². The summed E-state index contributed by atoms with van der Waals surface area (Å²) in [6.07, 6.45) is 0.715. The Labute approximate surface area is 235 Å². The van der Waals surface area contributed by atoms with Crippen LogP contribution in [0.2, 0.25) is 0 Å². The number of amides is 1. The lowest BCUT2D eigenvalue weighted by Crippen LogP contribution is -2.29. The predicted molar refractivity (Wildman–Crippen MR) is 154 cm³/mol. The monoisotopic (exact) mass is 556 g/mol. The molecule has 1 N–H and O–H groups in total. The van der Waals surface area contributed by atoms with E-state index in [1.807, 2.05) is 45.0 Å². The van der Waals surface area contributed by atoms with Crippen LogP contribution in [0.1, 0.15) is 42.1 Å². The maximum atomic E-state index is 13.7. The molecule has 3 heterocycles. The average Bonchev–Trinajstić information content (AvgIpc) is 3.60. The average molecular weight is 557 g/mol. The van der Waals surface area contributed by atoms with Crippen LogP contribution >= 0.6 is 11.3 Å². The van der Waals surface area contributed by atoms with Gasteiger partial charge in [0.25, 0.3) is 5.78 Å². The van der Waals surface area contributed by atoms with Crippen LogP contribution in [0.25, 0.3) is 16.0 Å². The largest absolute Gasteiger partial charge is 0.507 e. The summed E-state index contributed by atoms with van der Waals surface area (Å²) in [6, 6.07) is 15.5. The molecule has 1 aromatic heterocycles. The van der Waals surface area contributed by atoms with Crippen molar-refractivity contribution in [3.05, 3.63) is 82.4 Å². The van der Waals surface area contributed by atoms with Crippen molar-refractivity contribution in [1.82, 2.24) is 4.98 Å². The first-order valence-corrected chi connectivity index (χ1v) is 13.9. The van der Waals surface area contributed by atoms with Crippen LogP contribution in [-0.2, 0) is 16.0 Å². The van der Waals surface area contributed by atoms with Gasteiger partial charge in [0.15, 0.2) is 16.6 Å². The van der Waals surface area contributed by atoms with Gasteiger partial charge in [-0.2, -0.15) is 0 Å². The summed E-state index contributed by atoms with van der Waals surface area (Å²) in [7, 11) is 1.53. The van der Waals surface area contributed by atoms with Gasteiger partial charge < -0.3 is 19.3 Å². The fourth-order valence-electron chi connectivity index (χ4n) is 5.32. The zero-order valence-electron chi connectivity index (χ0n) is 22.6. The molecular formula is C31H28N2O6S. The molecule has 3 aromatic carbocycles. The molecule has 4 aromatic rings. The number of anilines is 1. The molecule has 1 fully saturated rings. The standard InChI is InChI=1S/C31H28N2O6S/c1-5-38-23-11-7-18(15-24(23)37-4)27-26(28(34)19-8-10-22-20(14-19)13-17(3)39-22)29(35)30(36)33(27)31-32-21-9-6-16(2)12-25(21)40-31/h6-12,14-15,17,27,34H,5,13H2,1-4H3/t17-,27-/m1/s1. The van der Waals surface area contributed by atoms with Gasteiger partial charge >= 0.3 is 5.91 Å². The minimum absolute atomic E-state index is 0.0152. The molecule has 2 aliphatic rings. The van der Waals surface area contributed by atoms with E-state index in [2.05, 4.69) is 0 Å². The van der Waals surface area contributed by atoms with Crippen LogP contribution in [0, 0.1) is 6.92 Å². The quantitative estimate of drug-likeness (QED) is 0.178. The molecule has 40 heavy (non-hydrogen) atoms. The van der Waals surface area contributed by atoms with Gasteiger partial charge in [0.1, 0.15) is 17.6 Å². The maximum Gasteiger partial charge on any atom is 0.301 e.